The van der Waals surface area contributed by atoms with Crippen LogP contribution < -0.4 is 19.9 Å². The van der Waals surface area contributed by atoms with Crippen LogP contribution in [0.25, 0.3) is 5.57 Å². The third-order valence-electron chi connectivity index (χ3n) is 6.33. The molecule has 0 aromatic heterocycles. The van der Waals surface area contributed by atoms with Gasteiger partial charge in [0.05, 0.1) is 18.4 Å². The predicted molar refractivity (Wildman–Crippen MR) is 135 cm³/mol. The zero-order chi connectivity index (χ0) is 23.5. The number of piperidine rings is 1. The molecule has 0 radical (unpaired) electrons. The standard InChI is InChI=1S/C28H27N3O3/c1-34-24-16-10-20(11-17-24)25-26(28(33)31(27(25)32)23-8-4-2-5-9-23)29-21-12-14-22(15-13-21)30-18-6-3-7-19-30/h2,4-5,8-17,29H,3,6-7,18-19H2,1H3. The number of ether oxygens (including phenoxy) is 1. The van der Waals surface area contributed by atoms with Gasteiger partial charge in [0.25, 0.3) is 11.8 Å². The number of carbonyl (C=O) groups is 2. The highest BCUT2D eigenvalue weighted by atomic mass is 16.5. The molecule has 2 aliphatic heterocycles. The summed E-state index contributed by atoms with van der Waals surface area (Å²) in [5.41, 5.74) is 3.75. The number of hydrogen-bond donors (Lipinski definition) is 1. The van der Waals surface area contributed by atoms with E-state index in [-0.39, 0.29) is 17.5 Å². The summed E-state index contributed by atoms with van der Waals surface area (Å²) in [6, 6.07) is 24.2. The van der Waals surface area contributed by atoms with Crippen LogP contribution in [0.2, 0.25) is 0 Å². The minimum absolute atomic E-state index is 0.268. The molecule has 1 fully saturated rings. The second-order valence-electron chi connectivity index (χ2n) is 8.48. The van der Waals surface area contributed by atoms with Crippen LogP contribution in [0, 0.1) is 0 Å². The molecule has 2 aliphatic rings. The summed E-state index contributed by atoms with van der Waals surface area (Å²) in [6.07, 6.45) is 3.71. The van der Waals surface area contributed by atoms with E-state index in [1.165, 1.54) is 29.8 Å². The molecule has 3 aromatic rings. The fourth-order valence-corrected chi connectivity index (χ4v) is 4.53. The molecule has 34 heavy (non-hydrogen) atoms. The maximum absolute atomic E-state index is 13.5. The van der Waals surface area contributed by atoms with Gasteiger partial charge in [-0.1, -0.05) is 30.3 Å². The van der Waals surface area contributed by atoms with E-state index in [1.54, 1.807) is 43.5 Å². The second-order valence-corrected chi connectivity index (χ2v) is 8.48. The number of methoxy groups -OCH3 is 1. The molecular formula is C28H27N3O3. The zero-order valence-electron chi connectivity index (χ0n) is 19.2. The lowest BCUT2D eigenvalue weighted by Crippen LogP contribution is -2.32. The van der Waals surface area contributed by atoms with Gasteiger partial charge in [-0.25, -0.2) is 4.90 Å². The van der Waals surface area contributed by atoms with Crippen LogP contribution in [0.1, 0.15) is 24.8 Å². The number of rotatable bonds is 6. The number of anilines is 3. The van der Waals surface area contributed by atoms with Gasteiger partial charge in [0.1, 0.15) is 11.4 Å². The van der Waals surface area contributed by atoms with Gasteiger partial charge in [0, 0.05) is 24.5 Å². The number of benzene rings is 3. The van der Waals surface area contributed by atoms with Crippen LogP contribution in [0.15, 0.2) is 84.6 Å². The Kier molecular flexibility index (Phi) is 6.04. The molecule has 0 aliphatic carbocycles. The van der Waals surface area contributed by atoms with E-state index >= 15 is 0 Å². The highest BCUT2D eigenvalue weighted by molar-refractivity contribution is 6.46. The largest absolute Gasteiger partial charge is 0.497 e. The summed E-state index contributed by atoms with van der Waals surface area (Å²) < 4.78 is 5.26. The molecule has 0 spiro atoms. The van der Waals surface area contributed by atoms with Crippen molar-refractivity contribution in [3.05, 3.63) is 90.1 Å². The van der Waals surface area contributed by atoms with Crippen LogP contribution >= 0.6 is 0 Å². The van der Waals surface area contributed by atoms with E-state index in [4.69, 9.17) is 4.74 Å². The summed E-state index contributed by atoms with van der Waals surface area (Å²) >= 11 is 0. The topological polar surface area (TPSA) is 61.9 Å². The lowest BCUT2D eigenvalue weighted by Gasteiger charge is -2.28. The highest BCUT2D eigenvalue weighted by Crippen LogP contribution is 2.34. The Labute approximate surface area is 199 Å². The molecule has 6 nitrogen and oxygen atoms in total. The van der Waals surface area contributed by atoms with E-state index in [2.05, 4.69) is 22.3 Å². The van der Waals surface area contributed by atoms with Gasteiger partial charge in [-0.05, 0) is 73.4 Å². The maximum Gasteiger partial charge on any atom is 0.282 e. The predicted octanol–water partition coefficient (Wildman–Crippen LogP) is 5.08. The highest BCUT2D eigenvalue weighted by Gasteiger charge is 2.40. The molecule has 6 heteroatoms. The lowest BCUT2D eigenvalue weighted by atomic mass is 10.0. The van der Waals surface area contributed by atoms with E-state index in [0.717, 1.165) is 18.8 Å². The van der Waals surface area contributed by atoms with E-state index in [0.29, 0.717) is 22.6 Å². The first-order chi connectivity index (χ1) is 16.7. The van der Waals surface area contributed by atoms with E-state index in [1.807, 2.05) is 30.3 Å². The molecule has 3 aromatic carbocycles. The van der Waals surface area contributed by atoms with Crippen molar-refractivity contribution < 1.29 is 14.3 Å². The van der Waals surface area contributed by atoms with Gasteiger partial charge < -0.3 is 15.0 Å². The van der Waals surface area contributed by atoms with Crippen LogP contribution in [0.3, 0.4) is 0 Å². The van der Waals surface area contributed by atoms with E-state index < -0.39 is 0 Å². The van der Waals surface area contributed by atoms with Crippen molar-refractivity contribution in [1.29, 1.82) is 0 Å². The van der Waals surface area contributed by atoms with Crippen molar-refractivity contribution >= 4 is 34.4 Å². The van der Waals surface area contributed by atoms with Crippen molar-refractivity contribution in [1.82, 2.24) is 0 Å². The van der Waals surface area contributed by atoms with Gasteiger partial charge in [-0.3, -0.25) is 9.59 Å². The fourth-order valence-electron chi connectivity index (χ4n) is 4.53. The molecule has 2 heterocycles. The molecule has 1 N–H and O–H groups in total. The molecule has 172 valence electrons. The Morgan fingerprint density at radius 3 is 2.06 bits per heavy atom. The van der Waals surface area contributed by atoms with Gasteiger partial charge in [0.15, 0.2) is 0 Å². The summed E-state index contributed by atoms with van der Waals surface area (Å²) in [6.45, 7) is 2.14. The molecule has 0 saturated carbocycles. The second kappa shape index (κ2) is 9.43. The molecule has 0 bridgehead atoms. The average molecular weight is 454 g/mol. The van der Waals surface area contributed by atoms with Crippen LogP contribution in [-0.2, 0) is 9.59 Å². The molecular weight excluding hydrogens is 426 g/mol. The number of para-hydroxylation sites is 1. The molecule has 2 amide bonds. The Morgan fingerprint density at radius 1 is 0.735 bits per heavy atom. The first kappa shape index (κ1) is 21.8. The number of hydrogen-bond acceptors (Lipinski definition) is 5. The Hall–Kier alpha value is -4.06. The van der Waals surface area contributed by atoms with Crippen LogP contribution in [0.5, 0.6) is 5.75 Å². The Bertz CT molecular complexity index is 1210. The first-order valence-electron chi connectivity index (χ1n) is 11.6. The number of imide groups is 1. The van der Waals surface area contributed by atoms with E-state index in [9.17, 15) is 9.59 Å². The summed E-state index contributed by atoms with van der Waals surface area (Å²) in [4.78, 5) is 30.6. The summed E-state index contributed by atoms with van der Waals surface area (Å²) in [5.74, 6) is -0.0419. The quantitative estimate of drug-likeness (QED) is 0.527. The zero-order valence-corrected chi connectivity index (χ0v) is 19.2. The van der Waals surface area contributed by atoms with Crippen molar-refractivity contribution in [2.45, 2.75) is 19.3 Å². The fraction of sp³-hybridized carbons (Fsp3) is 0.214. The molecule has 5 rings (SSSR count). The minimum Gasteiger partial charge on any atom is -0.497 e. The third-order valence-corrected chi connectivity index (χ3v) is 6.33. The van der Waals surface area contributed by atoms with Crippen molar-refractivity contribution in [3.8, 4) is 5.75 Å². The van der Waals surface area contributed by atoms with Gasteiger partial charge in [0.2, 0.25) is 0 Å². The third kappa shape index (κ3) is 4.15. The normalized spacial score (nSPS) is 16.3. The van der Waals surface area contributed by atoms with Gasteiger partial charge in [-0.2, -0.15) is 0 Å². The average Bonchev–Trinajstić information content (AvgIpc) is 3.14. The smallest absolute Gasteiger partial charge is 0.282 e. The number of nitrogens with zero attached hydrogens (tertiary/aromatic N) is 2. The molecule has 0 atom stereocenters. The summed E-state index contributed by atoms with van der Waals surface area (Å²) in [7, 11) is 1.59. The van der Waals surface area contributed by atoms with Crippen molar-refractivity contribution in [2.75, 3.05) is 35.3 Å². The van der Waals surface area contributed by atoms with Crippen molar-refractivity contribution in [2.24, 2.45) is 0 Å². The van der Waals surface area contributed by atoms with Gasteiger partial charge in [-0.15, -0.1) is 0 Å². The number of carbonyl (C=O) groups excluding carboxylic acids is 2. The Morgan fingerprint density at radius 2 is 1.41 bits per heavy atom. The van der Waals surface area contributed by atoms with Crippen LogP contribution in [0.4, 0.5) is 17.1 Å². The molecule has 1 saturated heterocycles. The van der Waals surface area contributed by atoms with Gasteiger partial charge >= 0.3 is 0 Å². The Balaban J connectivity index is 1.49. The summed E-state index contributed by atoms with van der Waals surface area (Å²) in [5, 5.41) is 3.25. The SMILES string of the molecule is COc1ccc(C2=C(Nc3ccc(N4CCCCC4)cc3)C(=O)N(c3ccccc3)C2=O)cc1. The lowest BCUT2D eigenvalue weighted by molar-refractivity contribution is -0.120. The monoisotopic (exact) mass is 453 g/mol. The molecule has 0 unspecified atom stereocenters. The first-order valence-corrected chi connectivity index (χ1v) is 11.6. The minimum atomic E-state index is -0.373. The number of nitrogens with one attached hydrogen (secondary N) is 1. The maximum atomic E-state index is 13.5. The van der Waals surface area contributed by atoms with Crippen molar-refractivity contribution in [3.63, 3.8) is 0 Å². The number of amides is 2. The van der Waals surface area contributed by atoms with Crippen LogP contribution in [-0.4, -0.2) is 32.0 Å².